The van der Waals surface area contributed by atoms with Crippen molar-refractivity contribution in [3.8, 4) is 5.75 Å². The summed E-state index contributed by atoms with van der Waals surface area (Å²) in [6.07, 6.45) is 4.97. The first-order chi connectivity index (χ1) is 13.9. The van der Waals surface area contributed by atoms with Gasteiger partial charge in [0.25, 0.3) is 0 Å². The monoisotopic (exact) mass is 389 g/mol. The SMILES string of the molecule is C/C(OC(=O)Nc1ccc(C(=O)O)c(O)c1)=C1/C=CCC2=C1Cc1ccccc12. The van der Waals surface area contributed by atoms with E-state index in [1.807, 2.05) is 18.2 Å². The Labute approximate surface area is 167 Å². The molecule has 3 N–H and O–H groups in total. The minimum Gasteiger partial charge on any atom is -0.507 e. The zero-order chi connectivity index (χ0) is 20.5. The van der Waals surface area contributed by atoms with Crippen molar-refractivity contribution in [1.29, 1.82) is 0 Å². The average Bonchev–Trinajstić information content (AvgIpc) is 3.06. The lowest BCUT2D eigenvalue weighted by atomic mass is 9.92. The summed E-state index contributed by atoms with van der Waals surface area (Å²) in [4.78, 5) is 23.3. The summed E-state index contributed by atoms with van der Waals surface area (Å²) in [6.45, 7) is 1.74. The van der Waals surface area contributed by atoms with Crippen LogP contribution in [0.15, 0.2) is 71.5 Å². The van der Waals surface area contributed by atoms with Gasteiger partial charge in [-0.25, -0.2) is 9.59 Å². The number of fused-ring (bicyclic) bond motifs is 2. The van der Waals surface area contributed by atoms with Crippen molar-refractivity contribution in [2.45, 2.75) is 19.8 Å². The van der Waals surface area contributed by atoms with Crippen LogP contribution in [0.3, 0.4) is 0 Å². The van der Waals surface area contributed by atoms with Gasteiger partial charge in [0.15, 0.2) is 0 Å². The summed E-state index contributed by atoms with van der Waals surface area (Å²) in [5.74, 6) is -1.20. The van der Waals surface area contributed by atoms with Crippen molar-refractivity contribution in [2.24, 2.45) is 0 Å². The largest absolute Gasteiger partial charge is 0.507 e. The highest BCUT2D eigenvalue weighted by molar-refractivity contribution is 5.93. The first kappa shape index (κ1) is 18.6. The third kappa shape index (κ3) is 3.52. The van der Waals surface area contributed by atoms with Crippen molar-refractivity contribution in [3.63, 3.8) is 0 Å². The molecule has 2 aromatic carbocycles. The van der Waals surface area contributed by atoms with Gasteiger partial charge in [-0.05, 0) is 54.2 Å². The first-order valence-electron chi connectivity index (χ1n) is 9.17. The summed E-state index contributed by atoms with van der Waals surface area (Å²) in [5.41, 5.74) is 5.83. The second kappa shape index (κ2) is 7.31. The molecule has 146 valence electrons. The summed E-state index contributed by atoms with van der Waals surface area (Å²) >= 11 is 0. The maximum atomic E-state index is 12.3. The number of allylic oxidation sites excluding steroid dienone is 6. The van der Waals surface area contributed by atoms with E-state index in [2.05, 4.69) is 23.5 Å². The maximum Gasteiger partial charge on any atom is 0.416 e. The van der Waals surface area contributed by atoms with Gasteiger partial charge in [0.05, 0.1) is 0 Å². The number of anilines is 1. The Balaban J connectivity index is 1.52. The van der Waals surface area contributed by atoms with Crippen molar-refractivity contribution in [3.05, 3.63) is 88.2 Å². The lowest BCUT2D eigenvalue weighted by Gasteiger charge is -2.16. The van der Waals surface area contributed by atoms with Crippen LogP contribution in [0.25, 0.3) is 5.57 Å². The van der Waals surface area contributed by atoms with Crippen molar-refractivity contribution < 1.29 is 24.5 Å². The molecular weight excluding hydrogens is 370 g/mol. The summed E-state index contributed by atoms with van der Waals surface area (Å²) in [6, 6.07) is 12.1. The third-order valence-electron chi connectivity index (χ3n) is 5.11. The number of nitrogens with one attached hydrogen (secondary N) is 1. The first-order valence-corrected chi connectivity index (χ1v) is 9.17. The zero-order valence-corrected chi connectivity index (χ0v) is 15.7. The normalized spacial score (nSPS) is 16.2. The number of aromatic hydroxyl groups is 1. The Morgan fingerprint density at radius 3 is 2.66 bits per heavy atom. The van der Waals surface area contributed by atoms with Crippen LogP contribution in [-0.4, -0.2) is 22.3 Å². The third-order valence-corrected chi connectivity index (χ3v) is 5.11. The van der Waals surface area contributed by atoms with Crippen LogP contribution in [0.1, 0.15) is 34.8 Å². The van der Waals surface area contributed by atoms with Gasteiger partial charge in [-0.1, -0.05) is 36.4 Å². The highest BCUT2D eigenvalue weighted by Crippen LogP contribution is 2.42. The van der Waals surface area contributed by atoms with E-state index in [-0.39, 0.29) is 11.3 Å². The van der Waals surface area contributed by atoms with Crippen LogP contribution in [0.5, 0.6) is 5.75 Å². The number of ether oxygens (including phenoxy) is 1. The lowest BCUT2D eigenvalue weighted by molar-refractivity contribution is 0.0693. The van der Waals surface area contributed by atoms with Crippen LogP contribution in [-0.2, 0) is 11.2 Å². The van der Waals surface area contributed by atoms with Gasteiger partial charge in [0.2, 0.25) is 0 Å². The molecule has 0 atom stereocenters. The fourth-order valence-corrected chi connectivity index (χ4v) is 3.77. The number of aromatic carboxylic acids is 1. The topological polar surface area (TPSA) is 95.9 Å². The minimum absolute atomic E-state index is 0.239. The van der Waals surface area contributed by atoms with Crippen molar-refractivity contribution in [2.75, 3.05) is 5.32 Å². The van der Waals surface area contributed by atoms with Crippen LogP contribution in [0, 0.1) is 0 Å². The fourth-order valence-electron chi connectivity index (χ4n) is 3.77. The van der Waals surface area contributed by atoms with Gasteiger partial charge in [-0.2, -0.15) is 0 Å². The Kier molecular flexibility index (Phi) is 4.68. The molecule has 0 saturated carbocycles. The molecule has 0 spiro atoms. The molecule has 0 unspecified atom stereocenters. The molecular formula is C23H19NO5. The number of hydrogen-bond acceptors (Lipinski definition) is 4. The van der Waals surface area contributed by atoms with Gasteiger partial charge < -0.3 is 14.9 Å². The minimum atomic E-state index is -1.25. The van der Waals surface area contributed by atoms with Gasteiger partial charge in [-0.3, -0.25) is 5.32 Å². The molecule has 0 bridgehead atoms. The highest BCUT2D eigenvalue weighted by Gasteiger charge is 2.26. The molecule has 29 heavy (non-hydrogen) atoms. The van der Waals surface area contributed by atoms with E-state index in [9.17, 15) is 14.7 Å². The molecule has 0 aliphatic heterocycles. The molecule has 1 amide bonds. The molecule has 2 aliphatic carbocycles. The molecule has 2 aliphatic rings. The van der Waals surface area contributed by atoms with E-state index in [0.717, 1.165) is 18.4 Å². The van der Waals surface area contributed by atoms with E-state index < -0.39 is 17.8 Å². The number of carboxylic acids is 1. The van der Waals surface area contributed by atoms with Crippen molar-refractivity contribution >= 4 is 23.3 Å². The molecule has 2 aromatic rings. The second-order valence-corrected chi connectivity index (χ2v) is 6.92. The fraction of sp³-hybridized carbons (Fsp3) is 0.130. The molecule has 0 fully saturated rings. The molecule has 0 radical (unpaired) electrons. The zero-order valence-electron chi connectivity index (χ0n) is 15.7. The predicted molar refractivity (Wildman–Crippen MR) is 109 cm³/mol. The summed E-state index contributed by atoms with van der Waals surface area (Å²) < 4.78 is 5.46. The number of carboxylic acid groups (broad SMARTS) is 1. The smallest absolute Gasteiger partial charge is 0.416 e. The number of rotatable bonds is 3. The Hall–Kier alpha value is -3.80. The van der Waals surface area contributed by atoms with Crippen LogP contribution in [0.4, 0.5) is 10.5 Å². The van der Waals surface area contributed by atoms with E-state index >= 15 is 0 Å². The molecule has 6 heteroatoms. The average molecular weight is 389 g/mol. The molecule has 0 saturated heterocycles. The number of amides is 1. The quantitative estimate of drug-likeness (QED) is 0.650. The molecule has 6 nitrogen and oxygen atoms in total. The maximum absolute atomic E-state index is 12.3. The standard InChI is InChI=1S/C23H19NO5/c1-13(29-23(28)24-15-9-10-19(22(26)27)21(25)12-15)16-7-4-8-18-17-6-3-2-5-14(17)11-20(16)18/h2-7,9-10,12,25H,8,11H2,1H3,(H,24,28)(H,26,27)/b16-13+. The Morgan fingerprint density at radius 2 is 1.90 bits per heavy atom. The molecule has 0 aromatic heterocycles. The van der Waals surface area contributed by atoms with Crippen molar-refractivity contribution in [1.82, 2.24) is 0 Å². The van der Waals surface area contributed by atoms with Gasteiger partial charge in [-0.15, -0.1) is 0 Å². The number of phenols is 1. The number of carbonyl (C=O) groups excluding carboxylic acids is 1. The van der Waals surface area contributed by atoms with Gasteiger partial charge in [0, 0.05) is 17.3 Å². The van der Waals surface area contributed by atoms with Gasteiger partial charge in [0.1, 0.15) is 17.1 Å². The van der Waals surface area contributed by atoms with E-state index in [0.29, 0.717) is 5.76 Å². The van der Waals surface area contributed by atoms with Crippen LogP contribution < -0.4 is 5.32 Å². The van der Waals surface area contributed by atoms with E-state index in [4.69, 9.17) is 9.84 Å². The second-order valence-electron chi connectivity index (χ2n) is 6.92. The predicted octanol–water partition coefficient (Wildman–Crippen LogP) is 4.88. The van der Waals surface area contributed by atoms with Gasteiger partial charge >= 0.3 is 12.1 Å². The number of benzene rings is 2. The van der Waals surface area contributed by atoms with Crippen LogP contribution >= 0.6 is 0 Å². The van der Waals surface area contributed by atoms with Crippen LogP contribution in [0.2, 0.25) is 0 Å². The number of carbonyl (C=O) groups is 2. The lowest BCUT2D eigenvalue weighted by Crippen LogP contribution is -2.14. The number of hydrogen-bond donors (Lipinski definition) is 3. The summed E-state index contributed by atoms with van der Waals surface area (Å²) in [5, 5.41) is 21.2. The molecule has 4 rings (SSSR count). The Morgan fingerprint density at radius 1 is 1.10 bits per heavy atom. The highest BCUT2D eigenvalue weighted by atomic mass is 16.6. The Bertz CT molecular complexity index is 1120. The van der Waals surface area contributed by atoms with E-state index in [1.54, 1.807) is 6.92 Å². The van der Waals surface area contributed by atoms with E-state index in [1.165, 1.54) is 40.5 Å². The molecule has 0 heterocycles. The summed E-state index contributed by atoms with van der Waals surface area (Å²) in [7, 11) is 0.